The van der Waals surface area contributed by atoms with Gasteiger partial charge in [0.05, 0.1) is 0 Å². The molecule has 21 heavy (non-hydrogen) atoms. The SMILES string of the molecule is CCCNC(Cc1ccc(O)cc1)C1CCCCCCC1. The normalized spacial score (nSPS) is 18.9. The van der Waals surface area contributed by atoms with Gasteiger partial charge >= 0.3 is 0 Å². The van der Waals surface area contributed by atoms with E-state index in [-0.39, 0.29) is 0 Å². The predicted octanol–water partition coefficient (Wildman–Crippen LogP) is 4.66. The minimum absolute atomic E-state index is 0.364. The molecule has 0 heterocycles. The van der Waals surface area contributed by atoms with Crippen molar-refractivity contribution in [2.45, 2.75) is 70.8 Å². The van der Waals surface area contributed by atoms with E-state index in [1.807, 2.05) is 12.1 Å². The summed E-state index contributed by atoms with van der Waals surface area (Å²) >= 11 is 0. The highest BCUT2D eigenvalue weighted by molar-refractivity contribution is 5.26. The number of benzene rings is 1. The van der Waals surface area contributed by atoms with E-state index in [2.05, 4.69) is 24.4 Å². The zero-order valence-corrected chi connectivity index (χ0v) is 13.5. The second-order valence-electron chi connectivity index (χ2n) is 6.54. The summed E-state index contributed by atoms with van der Waals surface area (Å²) in [5.74, 6) is 1.17. The summed E-state index contributed by atoms with van der Waals surface area (Å²) in [7, 11) is 0. The largest absolute Gasteiger partial charge is 0.508 e. The van der Waals surface area contributed by atoms with Gasteiger partial charge in [0, 0.05) is 6.04 Å². The van der Waals surface area contributed by atoms with Crippen molar-refractivity contribution < 1.29 is 5.11 Å². The number of nitrogens with one attached hydrogen (secondary N) is 1. The van der Waals surface area contributed by atoms with Gasteiger partial charge in [-0.25, -0.2) is 0 Å². The average Bonchev–Trinajstić information content (AvgIpc) is 2.46. The number of aromatic hydroxyl groups is 1. The lowest BCUT2D eigenvalue weighted by atomic mass is 9.83. The fourth-order valence-electron chi connectivity index (χ4n) is 3.51. The summed E-state index contributed by atoms with van der Waals surface area (Å²) < 4.78 is 0. The van der Waals surface area contributed by atoms with E-state index in [1.165, 1.54) is 56.9 Å². The van der Waals surface area contributed by atoms with Gasteiger partial charge in [-0.1, -0.05) is 51.2 Å². The highest BCUT2D eigenvalue weighted by atomic mass is 16.3. The Hall–Kier alpha value is -1.02. The van der Waals surface area contributed by atoms with Crippen molar-refractivity contribution in [3.05, 3.63) is 29.8 Å². The smallest absolute Gasteiger partial charge is 0.115 e. The zero-order chi connectivity index (χ0) is 14.9. The van der Waals surface area contributed by atoms with E-state index in [9.17, 15) is 5.11 Å². The third-order valence-electron chi connectivity index (χ3n) is 4.77. The second kappa shape index (κ2) is 9.09. The van der Waals surface area contributed by atoms with Crippen LogP contribution in [0.1, 0.15) is 63.9 Å². The van der Waals surface area contributed by atoms with E-state index < -0.39 is 0 Å². The monoisotopic (exact) mass is 289 g/mol. The number of rotatable bonds is 6. The van der Waals surface area contributed by atoms with Gasteiger partial charge in [0.15, 0.2) is 0 Å². The van der Waals surface area contributed by atoms with Crippen LogP contribution in [-0.2, 0) is 6.42 Å². The van der Waals surface area contributed by atoms with Crippen LogP contribution in [-0.4, -0.2) is 17.7 Å². The Morgan fingerprint density at radius 3 is 2.29 bits per heavy atom. The van der Waals surface area contributed by atoms with Crippen molar-refractivity contribution in [3.63, 3.8) is 0 Å². The van der Waals surface area contributed by atoms with Gasteiger partial charge in [0.25, 0.3) is 0 Å². The van der Waals surface area contributed by atoms with E-state index in [0.717, 1.165) is 18.9 Å². The van der Waals surface area contributed by atoms with Gasteiger partial charge in [0.2, 0.25) is 0 Å². The Kier molecular flexibility index (Phi) is 7.08. The molecule has 1 fully saturated rings. The molecular formula is C19H31NO. The highest BCUT2D eigenvalue weighted by Crippen LogP contribution is 2.27. The summed E-state index contributed by atoms with van der Waals surface area (Å²) in [6, 6.07) is 8.35. The first-order valence-electron chi connectivity index (χ1n) is 8.81. The topological polar surface area (TPSA) is 32.3 Å². The third-order valence-corrected chi connectivity index (χ3v) is 4.77. The molecule has 1 saturated carbocycles. The molecule has 0 aromatic heterocycles. The van der Waals surface area contributed by atoms with Gasteiger partial charge in [-0.05, 0) is 55.8 Å². The molecule has 0 spiro atoms. The van der Waals surface area contributed by atoms with Crippen LogP contribution in [0, 0.1) is 5.92 Å². The number of hydrogen-bond donors (Lipinski definition) is 2. The van der Waals surface area contributed by atoms with Gasteiger partial charge in [0.1, 0.15) is 5.75 Å². The average molecular weight is 289 g/mol. The summed E-state index contributed by atoms with van der Waals surface area (Å²) in [6.45, 7) is 3.35. The molecule has 1 aliphatic carbocycles. The summed E-state index contributed by atoms with van der Waals surface area (Å²) in [5.41, 5.74) is 1.34. The zero-order valence-electron chi connectivity index (χ0n) is 13.5. The van der Waals surface area contributed by atoms with Crippen molar-refractivity contribution >= 4 is 0 Å². The third kappa shape index (κ3) is 5.70. The summed E-state index contributed by atoms with van der Waals surface area (Å²) in [6.07, 6.45) is 12.1. The van der Waals surface area contributed by atoms with Crippen LogP contribution >= 0.6 is 0 Å². The first-order valence-corrected chi connectivity index (χ1v) is 8.81. The summed E-state index contributed by atoms with van der Waals surface area (Å²) in [5, 5.41) is 13.2. The Morgan fingerprint density at radius 1 is 1.05 bits per heavy atom. The molecule has 1 aliphatic rings. The Morgan fingerprint density at radius 2 is 1.67 bits per heavy atom. The van der Waals surface area contributed by atoms with Gasteiger partial charge in [-0.3, -0.25) is 0 Å². The minimum atomic E-state index is 0.364. The van der Waals surface area contributed by atoms with E-state index >= 15 is 0 Å². The Bertz CT molecular complexity index is 379. The van der Waals surface area contributed by atoms with E-state index in [1.54, 1.807) is 0 Å². The molecule has 118 valence electrons. The summed E-state index contributed by atoms with van der Waals surface area (Å²) in [4.78, 5) is 0. The maximum absolute atomic E-state index is 9.43. The minimum Gasteiger partial charge on any atom is -0.508 e. The molecule has 2 heteroatoms. The van der Waals surface area contributed by atoms with Crippen LogP contribution in [0.3, 0.4) is 0 Å². The molecule has 0 aliphatic heterocycles. The molecule has 2 N–H and O–H groups in total. The molecule has 0 saturated heterocycles. The van der Waals surface area contributed by atoms with Crippen LogP contribution in [0.15, 0.2) is 24.3 Å². The molecular weight excluding hydrogens is 258 g/mol. The quantitative estimate of drug-likeness (QED) is 0.798. The fraction of sp³-hybridized carbons (Fsp3) is 0.684. The lowest BCUT2D eigenvalue weighted by Crippen LogP contribution is -2.39. The molecule has 1 aromatic carbocycles. The first-order chi connectivity index (χ1) is 10.3. The maximum atomic E-state index is 9.43. The lowest BCUT2D eigenvalue weighted by Gasteiger charge is -2.30. The molecule has 2 nitrogen and oxygen atoms in total. The van der Waals surface area contributed by atoms with Crippen LogP contribution in [0.2, 0.25) is 0 Å². The van der Waals surface area contributed by atoms with Gasteiger partial charge in [-0.15, -0.1) is 0 Å². The molecule has 2 rings (SSSR count). The van der Waals surface area contributed by atoms with Crippen molar-refractivity contribution in [1.29, 1.82) is 0 Å². The van der Waals surface area contributed by atoms with Crippen LogP contribution in [0.4, 0.5) is 0 Å². The van der Waals surface area contributed by atoms with Crippen LogP contribution in [0.5, 0.6) is 5.75 Å². The van der Waals surface area contributed by atoms with Crippen molar-refractivity contribution in [2.75, 3.05) is 6.54 Å². The number of phenols is 1. The fourth-order valence-corrected chi connectivity index (χ4v) is 3.51. The molecule has 1 aromatic rings. The van der Waals surface area contributed by atoms with E-state index in [4.69, 9.17) is 0 Å². The van der Waals surface area contributed by atoms with Crippen LogP contribution < -0.4 is 5.32 Å². The molecule has 0 bridgehead atoms. The standard InChI is InChI=1S/C19H31NO/c1-2-14-20-19(15-16-10-12-18(21)13-11-16)17-8-6-4-3-5-7-9-17/h10-13,17,19-21H,2-9,14-15H2,1H3. The highest BCUT2D eigenvalue weighted by Gasteiger charge is 2.21. The molecule has 0 radical (unpaired) electrons. The first kappa shape index (κ1) is 16.4. The van der Waals surface area contributed by atoms with Gasteiger partial charge < -0.3 is 10.4 Å². The second-order valence-corrected chi connectivity index (χ2v) is 6.54. The number of phenolic OH excluding ortho intramolecular Hbond substituents is 1. The van der Waals surface area contributed by atoms with Crippen LogP contribution in [0.25, 0.3) is 0 Å². The Balaban J connectivity index is 1.99. The number of hydrogen-bond acceptors (Lipinski definition) is 2. The van der Waals surface area contributed by atoms with Gasteiger partial charge in [-0.2, -0.15) is 0 Å². The molecule has 0 amide bonds. The predicted molar refractivity (Wildman–Crippen MR) is 89.7 cm³/mol. The van der Waals surface area contributed by atoms with Crippen molar-refractivity contribution in [1.82, 2.24) is 5.32 Å². The maximum Gasteiger partial charge on any atom is 0.115 e. The van der Waals surface area contributed by atoms with Crippen molar-refractivity contribution in [2.24, 2.45) is 5.92 Å². The molecule has 1 atom stereocenters. The lowest BCUT2D eigenvalue weighted by molar-refractivity contribution is 0.283. The Labute approximate surface area is 130 Å². The van der Waals surface area contributed by atoms with Crippen molar-refractivity contribution in [3.8, 4) is 5.75 Å². The molecule has 1 unspecified atom stereocenters. The van der Waals surface area contributed by atoms with E-state index in [0.29, 0.717) is 11.8 Å².